The first kappa shape index (κ1) is 23.8. The number of hydrogen-bond donors (Lipinski definition) is 1. The average molecular weight is 515 g/mol. The summed E-state index contributed by atoms with van der Waals surface area (Å²) in [6.45, 7) is 5.39. The molecule has 2 fully saturated rings. The van der Waals surface area contributed by atoms with Gasteiger partial charge in [-0.25, -0.2) is 4.98 Å². The summed E-state index contributed by atoms with van der Waals surface area (Å²) in [5.74, 6) is -1.68. The van der Waals surface area contributed by atoms with Crippen LogP contribution in [0.1, 0.15) is 23.0 Å². The van der Waals surface area contributed by atoms with Crippen molar-refractivity contribution in [2.24, 2.45) is 0 Å². The molecule has 2 aliphatic rings. The molecule has 2 saturated heterocycles. The summed E-state index contributed by atoms with van der Waals surface area (Å²) in [5.41, 5.74) is 2.13. The van der Waals surface area contributed by atoms with E-state index in [1.54, 1.807) is 41.8 Å². The number of pyridine rings is 1. The predicted molar refractivity (Wildman–Crippen MR) is 133 cm³/mol. The monoisotopic (exact) mass is 514 g/mol. The lowest BCUT2D eigenvalue weighted by atomic mass is 9.96. The molecule has 2 aliphatic heterocycles. The second-order valence-corrected chi connectivity index (χ2v) is 9.41. The first-order valence-corrected chi connectivity index (χ1v) is 12.1. The highest BCUT2D eigenvalue weighted by Gasteiger charge is 2.46. The van der Waals surface area contributed by atoms with Crippen molar-refractivity contribution >= 4 is 46.3 Å². The number of aryl methyl sites for hydroxylation is 1. The number of rotatable bonds is 5. The summed E-state index contributed by atoms with van der Waals surface area (Å²) in [5, 5.41) is 12.2. The number of carbonyl (C=O) groups is 2. The van der Waals surface area contributed by atoms with Crippen LogP contribution in [-0.4, -0.2) is 75.4 Å². The Hall–Kier alpha value is -2.91. The molecule has 1 unspecified atom stereocenters. The minimum absolute atomic E-state index is 0.00381. The van der Waals surface area contributed by atoms with Gasteiger partial charge in [0.25, 0.3) is 11.7 Å². The standard InChI is InChI=1S/C25H24Cl2N4O4/c1-15-21(30-7-3-2-4-19(30)28-15)23(32)20-22(16-5-6-17(26)18(27)14-16)31(25(34)24(20)33)9-8-29-10-12-35-13-11-29/h2-7,14,22,32H,8-13H2,1H3. The number of hydrogen-bond acceptors (Lipinski definition) is 6. The Labute approximate surface area is 212 Å². The van der Waals surface area contributed by atoms with E-state index in [2.05, 4.69) is 9.88 Å². The van der Waals surface area contributed by atoms with Gasteiger partial charge in [-0.3, -0.25) is 18.9 Å². The Bertz CT molecular complexity index is 1350. The largest absolute Gasteiger partial charge is 0.505 e. The molecule has 1 amide bonds. The number of aromatic nitrogens is 2. The van der Waals surface area contributed by atoms with Crippen LogP contribution in [0.15, 0.2) is 48.2 Å². The van der Waals surface area contributed by atoms with Gasteiger partial charge in [0.05, 0.1) is 40.6 Å². The second-order valence-electron chi connectivity index (χ2n) is 8.59. The summed E-state index contributed by atoms with van der Waals surface area (Å²) in [7, 11) is 0. The van der Waals surface area contributed by atoms with E-state index in [0.717, 1.165) is 13.1 Å². The number of fused-ring (bicyclic) bond motifs is 1. The van der Waals surface area contributed by atoms with Gasteiger partial charge in [0.1, 0.15) is 11.3 Å². The molecule has 8 nitrogen and oxygen atoms in total. The Balaban J connectivity index is 1.62. The first-order chi connectivity index (χ1) is 16.9. The molecule has 3 aromatic rings. The Morgan fingerprint density at radius 3 is 2.63 bits per heavy atom. The van der Waals surface area contributed by atoms with Crippen LogP contribution in [-0.2, 0) is 14.3 Å². The number of likely N-dealkylation sites (tertiary alicyclic amines) is 1. The van der Waals surface area contributed by atoms with Crippen molar-refractivity contribution in [3.05, 3.63) is 75.2 Å². The molecule has 1 aromatic carbocycles. The van der Waals surface area contributed by atoms with Crippen LogP contribution in [0, 0.1) is 6.92 Å². The number of aliphatic hydroxyl groups excluding tert-OH is 1. The molecule has 182 valence electrons. The molecule has 0 bridgehead atoms. The number of ether oxygens (including phenoxy) is 1. The van der Waals surface area contributed by atoms with Crippen LogP contribution in [0.5, 0.6) is 0 Å². The van der Waals surface area contributed by atoms with E-state index in [-0.39, 0.29) is 11.3 Å². The fourth-order valence-electron chi connectivity index (χ4n) is 4.74. The van der Waals surface area contributed by atoms with Crippen molar-refractivity contribution in [1.29, 1.82) is 0 Å². The molecular formula is C25H24Cl2N4O4. The van der Waals surface area contributed by atoms with E-state index in [0.29, 0.717) is 58.9 Å². The second kappa shape index (κ2) is 9.62. The third-order valence-corrected chi connectivity index (χ3v) is 7.23. The summed E-state index contributed by atoms with van der Waals surface area (Å²) in [4.78, 5) is 34.8. The van der Waals surface area contributed by atoms with Gasteiger partial charge in [-0.15, -0.1) is 0 Å². The number of halogens is 2. The summed E-state index contributed by atoms with van der Waals surface area (Å²) >= 11 is 12.4. The number of imidazole rings is 1. The Kier molecular flexibility index (Phi) is 6.55. The molecule has 0 spiro atoms. The van der Waals surface area contributed by atoms with Crippen molar-refractivity contribution in [1.82, 2.24) is 19.2 Å². The smallest absolute Gasteiger partial charge is 0.295 e. The minimum atomic E-state index is -0.820. The molecule has 5 rings (SSSR count). The maximum atomic E-state index is 13.4. The quantitative estimate of drug-likeness (QED) is 0.317. The zero-order valence-electron chi connectivity index (χ0n) is 19.1. The van der Waals surface area contributed by atoms with Crippen LogP contribution in [0.3, 0.4) is 0 Å². The third kappa shape index (κ3) is 4.31. The molecule has 0 radical (unpaired) electrons. The lowest BCUT2D eigenvalue weighted by Crippen LogP contribution is -2.42. The fraction of sp³-hybridized carbons (Fsp3) is 0.320. The van der Waals surface area contributed by atoms with Crippen LogP contribution in [0.4, 0.5) is 0 Å². The third-order valence-electron chi connectivity index (χ3n) is 6.49. The number of benzene rings is 1. The van der Waals surface area contributed by atoms with Crippen LogP contribution in [0.2, 0.25) is 10.0 Å². The van der Waals surface area contributed by atoms with Gasteiger partial charge in [-0.1, -0.05) is 35.3 Å². The summed E-state index contributed by atoms with van der Waals surface area (Å²) in [6, 6.07) is 9.62. The average Bonchev–Trinajstić information content (AvgIpc) is 3.32. The van der Waals surface area contributed by atoms with E-state index in [1.165, 1.54) is 4.90 Å². The first-order valence-electron chi connectivity index (χ1n) is 11.3. The maximum absolute atomic E-state index is 13.4. The zero-order valence-corrected chi connectivity index (χ0v) is 20.6. The van der Waals surface area contributed by atoms with Gasteiger partial charge < -0.3 is 14.7 Å². The molecule has 0 saturated carbocycles. The predicted octanol–water partition coefficient (Wildman–Crippen LogP) is 3.70. The van der Waals surface area contributed by atoms with Gasteiger partial charge in [-0.2, -0.15) is 0 Å². The lowest BCUT2D eigenvalue weighted by Gasteiger charge is -2.31. The molecular weight excluding hydrogens is 491 g/mol. The highest BCUT2D eigenvalue weighted by Crippen LogP contribution is 2.41. The SMILES string of the molecule is Cc1nc2ccccn2c1C(O)=C1C(=O)C(=O)N(CCN2CCOCC2)C1c1ccc(Cl)c(Cl)c1. The number of amides is 1. The number of ketones is 1. The van der Waals surface area contributed by atoms with Crippen molar-refractivity contribution < 1.29 is 19.4 Å². The van der Waals surface area contributed by atoms with Gasteiger partial charge in [0, 0.05) is 32.4 Å². The topological polar surface area (TPSA) is 87.4 Å². The van der Waals surface area contributed by atoms with Gasteiger partial charge in [-0.05, 0) is 36.8 Å². The van der Waals surface area contributed by atoms with E-state index < -0.39 is 17.7 Å². The normalized spacial score (nSPS) is 20.8. The molecule has 10 heteroatoms. The summed E-state index contributed by atoms with van der Waals surface area (Å²) < 4.78 is 7.11. The number of Topliss-reactive ketones (excluding diaryl/α,β-unsaturated/α-hetero) is 1. The zero-order chi connectivity index (χ0) is 24.7. The minimum Gasteiger partial charge on any atom is -0.505 e. The van der Waals surface area contributed by atoms with Crippen LogP contribution >= 0.6 is 23.2 Å². The number of aliphatic hydroxyl groups is 1. The van der Waals surface area contributed by atoms with E-state index in [4.69, 9.17) is 27.9 Å². The van der Waals surface area contributed by atoms with Gasteiger partial charge in [0.2, 0.25) is 0 Å². The van der Waals surface area contributed by atoms with Crippen molar-refractivity contribution in [2.45, 2.75) is 13.0 Å². The summed E-state index contributed by atoms with van der Waals surface area (Å²) in [6.07, 6.45) is 1.76. The van der Waals surface area contributed by atoms with E-state index >= 15 is 0 Å². The highest BCUT2D eigenvalue weighted by molar-refractivity contribution is 6.46. The number of carbonyl (C=O) groups excluding carboxylic acids is 2. The highest BCUT2D eigenvalue weighted by atomic mass is 35.5. The maximum Gasteiger partial charge on any atom is 0.295 e. The molecule has 4 heterocycles. The molecule has 1 N–H and O–H groups in total. The number of morpholine rings is 1. The Morgan fingerprint density at radius 1 is 1.11 bits per heavy atom. The van der Waals surface area contributed by atoms with E-state index in [9.17, 15) is 14.7 Å². The Morgan fingerprint density at radius 2 is 1.89 bits per heavy atom. The van der Waals surface area contributed by atoms with E-state index in [1.807, 2.05) is 12.1 Å². The van der Waals surface area contributed by atoms with Gasteiger partial charge >= 0.3 is 0 Å². The van der Waals surface area contributed by atoms with Gasteiger partial charge in [0.15, 0.2) is 5.76 Å². The van der Waals surface area contributed by atoms with Crippen LogP contribution < -0.4 is 0 Å². The lowest BCUT2D eigenvalue weighted by molar-refractivity contribution is -0.140. The van der Waals surface area contributed by atoms with Crippen molar-refractivity contribution in [3.63, 3.8) is 0 Å². The van der Waals surface area contributed by atoms with Crippen molar-refractivity contribution in [2.75, 3.05) is 39.4 Å². The molecule has 0 aliphatic carbocycles. The number of nitrogens with zero attached hydrogens (tertiary/aromatic N) is 4. The molecule has 1 atom stereocenters. The fourth-order valence-corrected chi connectivity index (χ4v) is 5.05. The molecule has 2 aromatic heterocycles. The van der Waals surface area contributed by atoms with Crippen LogP contribution in [0.25, 0.3) is 11.4 Å². The van der Waals surface area contributed by atoms with Crippen molar-refractivity contribution in [3.8, 4) is 0 Å². The molecule has 35 heavy (non-hydrogen) atoms.